The summed E-state index contributed by atoms with van der Waals surface area (Å²) < 4.78 is 45.8. The summed E-state index contributed by atoms with van der Waals surface area (Å²) in [4.78, 5) is 16.5. The third kappa shape index (κ3) is 5.98. The molecule has 0 bridgehead atoms. The van der Waals surface area contributed by atoms with Gasteiger partial charge in [-0.05, 0) is 60.7 Å². The maximum Gasteiger partial charge on any atom is 0.280 e. The van der Waals surface area contributed by atoms with E-state index in [4.69, 9.17) is 16.3 Å². The molecule has 0 aliphatic carbocycles. The summed E-state index contributed by atoms with van der Waals surface area (Å²) in [6.07, 6.45) is 0. The van der Waals surface area contributed by atoms with Crippen molar-refractivity contribution in [3.8, 4) is 17.0 Å². The monoisotopic (exact) mass is 499 g/mol. The predicted molar refractivity (Wildman–Crippen MR) is 127 cm³/mol. The summed E-state index contributed by atoms with van der Waals surface area (Å²) in [5, 5.41) is 12.7. The Bertz CT molecular complexity index is 1390. The van der Waals surface area contributed by atoms with Crippen molar-refractivity contribution in [2.45, 2.75) is 0 Å². The van der Waals surface area contributed by atoms with Crippen molar-refractivity contribution in [2.24, 2.45) is 4.99 Å². The quantitative estimate of drug-likeness (QED) is 0.236. The number of hydrogen-bond acceptors (Lipinski definition) is 3. The highest BCUT2D eigenvalue weighted by Crippen LogP contribution is 2.23. The molecule has 1 amide bonds. The van der Waals surface area contributed by atoms with Gasteiger partial charge in [0.15, 0.2) is 11.6 Å². The Kier molecular flexibility index (Phi) is 7.02. The van der Waals surface area contributed by atoms with E-state index in [1.165, 1.54) is 6.07 Å². The van der Waals surface area contributed by atoms with Crippen molar-refractivity contribution in [3.63, 3.8) is 0 Å². The van der Waals surface area contributed by atoms with Crippen molar-refractivity contribution in [1.29, 1.82) is 0 Å². The van der Waals surface area contributed by atoms with E-state index in [1.807, 2.05) is 12.1 Å². The molecular weight excluding hydrogens is 483 g/mol. The van der Waals surface area contributed by atoms with Crippen LogP contribution in [-0.2, 0) is 0 Å². The van der Waals surface area contributed by atoms with Gasteiger partial charge in [-0.25, -0.2) is 13.2 Å². The van der Waals surface area contributed by atoms with Gasteiger partial charge in [0, 0.05) is 27.9 Å². The number of nitrogens with one attached hydrogen (secondary N) is 3. The number of ether oxygens (including phenoxy) is 1. The first kappa shape index (κ1) is 23.8. The molecular formula is C24H17ClF3N5O2. The lowest BCUT2D eigenvalue weighted by Crippen LogP contribution is -2.24. The highest BCUT2D eigenvalue weighted by Gasteiger charge is 2.13. The molecule has 0 radical (unpaired) electrons. The van der Waals surface area contributed by atoms with E-state index in [1.54, 1.807) is 25.3 Å². The number of guanidine groups is 1. The fourth-order valence-electron chi connectivity index (χ4n) is 3.07. The van der Waals surface area contributed by atoms with Crippen LogP contribution < -0.4 is 15.4 Å². The molecule has 0 saturated heterocycles. The minimum Gasteiger partial charge on any atom is -0.497 e. The highest BCUT2D eigenvalue weighted by molar-refractivity contribution is 6.31. The molecule has 4 rings (SSSR count). The smallest absolute Gasteiger partial charge is 0.280 e. The van der Waals surface area contributed by atoms with Gasteiger partial charge in [-0.1, -0.05) is 11.6 Å². The van der Waals surface area contributed by atoms with Gasteiger partial charge in [0.1, 0.15) is 17.4 Å². The number of nitrogens with zero attached hydrogens (tertiary/aromatic N) is 2. The van der Waals surface area contributed by atoms with E-state index in [0.29, 0.717) is 17.3 Å². The van der Waals surface area contributed by atoms with E-state index < -0.39 is 23.4 Å². The molecule has 0 aliphatic rings. The Morgan fingerprint density at radius 1 is 0.971 bits per heavy atom. The average molecular weight is 500 g/mol. The van der Waals surface area contributed by atoms with Gasteiger partial charge in [0.2, 0.25) is 5.96 Å². The van der Waals surface area contributed by atoms with Gasteiger partial charge in [-0.2, -0.15) is 10.1 Å². The Morgan fingerprint density at radius 3 is 2.43 bits per heavy atom. The second-order valence-electron chi connectivity index (χ2n) is 7.20. The summed E-state index contributed by atoms with van der Waals surface area (Å²) in [5.74, 6) is -2.91. The molecule has 3 aromatic carbocycles. The lowest BCUT2D eigenvalue weighted by molar-refractivity contribution is 0.100. The molecule has 11 heteroatoms. The van der Waals surface area contributed by atoms with Crippen molar-refractivity contribution in [3.05, 3.63) is 94.8 Å². The van der Waals surface area contributed by atoms with Crippen LogP contribution in [0.25, 0.3) is 11.3 Å². The first-order valence-corrected chi connectivity index (χ1v) is 10.5. The van der Waals surface area contributed by atoms with E-state index in [0.717, 1.165) is 35.9 Å². The maximum absolute atomic E-state index is 13.8. The number of H-pyrrole nitrogens is 1. The number of aliphatic imine (C=N–C) groups is 1. The number of anilines is 2. The molecule has 1 aromatic heterocycles. The second-order valence-corrected chi connectivity index (χ2v) is 7.63. The fraction of sp³-hybridized carbons (Fsp3) is 0.0417. The largest absolute Gasteiger partial charge is 0.497 e. The van der Waals surface area contributed by atoms with Crippen molar-refractivity contribution < 1.29 is 22.7 Å². The first-order chi connectivity index (χ1) is 16.8. The number of benzene rings is 3. The normalized spacial score (nSPS) is 11.3. The molecule has 0 saturated carbocycles. The second kappa shape index (κ2) is 10.3. The van der Waals surface area contributed by atoms with Crippen LogP contribution in [0.2, 0.25) is 5.02 Å². The molecule has 1 heterocycles. The predicted octanol–water partition coefficient (Wildman–Crippen LogP) is 5.88. The van der Waals surface area contributed by atoms with Gasteiger partial charge in [0.25, 0.3) is 5.91 Å². The van der Waals surface area contributed by atoms with E-state index in [-0.39, 0.29) is 22.2 Å². The van der Waals surface area contributed by atoms with Crippen LogP contribution in [0.4, 0.5) is 24.7 Å². The summed E-state index contributed by atoms with van der Waals surface area (Å²) in [5.41, 5.74) is 1.37. The zero-order chi connectivity index (χ0) is 24.9. The topological polar surface area (TPSA) is 91.4 Å². The SMILES string of the molecule is COc1ccc(-c2cc(N/C(=N\C(=O)c3ccc(F)c(F)c3)Nc3cc(F)cc(Cl)c3)[nH]n2)cc1. The van der Waals surface area contributed by atoms with Gasteiger partial charge in [-0.3, -0.25) is 9.89 Å². The number of aromatic nitrogens is 2. The summed E-state index contributed by atoms with van der Waals surface area (Å²) >= 11 is 5.91. The van der Waals surface area contributed by atoms with E-state index >= 15 is 0 Å². The molecule has 0 unspecified atom stereocenters. The molecule has 0 atom stereocenters. The molecule has 0 aliphatic heterocycles. The number of rotatable bonds is 5. The lowest BCUT2D eigenvalue weighted by Gasteiger charge is -2.11. The summed E-state index contributed by atoms with van der Waals surface area (Å²) in [6.45, 7) is 0. The molecule has 3 N–H and O–H groups in total. The fourth-order valence-corrected chi connectivity index (χ4v) is 3.29. The van der Waals surface area contributed by atoms with Crippen LogP contribution in [0.3, 0.4) is 0 Å². The van der Waals surface area contributed by atoms with Crippen LogP contribution in [0.15, 0.2) is 71.7 Å². The van der Waals surface area contributed by atoms with Gasteiger partial charge in [-0.15, -0.1) is 0 Å². The average Bonchev–Trinajstić information content (AvgIpc) is 3.28. The maximum atomic E-state index is 13.8. The molecule has 178 valence electrons. The first-order valence-electron chi connectivity index (χ1n) is 10.1. The standard InChI is InChI=1S/C24H17ClF3N5O2/c1-35-18-5-2-13(3-6-18)21-12-22(33-32-21)30-24(29-17-10-15(25)9-16(26)11-17)31-23(34)14-4-7-19(27)20(28)8-14/h2-12H,1H3,(H3,29,30,31,32,33,34). The van der Waals surface area contributed by atoms with Crippen molar-refractivity contribution in [2.75, 3.05) is 17.7 Å². The molecule has 0 fully saturated rings. The Morgan fingerprint density at radius 2 is 1.74 bits per heavy atom. The van der Waals surface area contributed by atoms with E-state index in [9.17, 15) is 18.0 Å². The third-order valence-corrected chi connectivity index (χ3v) is 4.94. The summed E-state index contributed by atoms with van der Waals surface area (Å²) in [6, 6.07) is 15.1. The number of carbonyl (C=O) groups is 1. The Balaban J connectivity index is 1.63. The zero-order valence-corrected chi connectivity index (χ0v) is 18.8. The van der Waals surface area contributed by atoms with Gasteiger partial charge >= 0.3 is 0 Å². The Hall–Kier alpha value is -4.31. The van der Waals surface area contributed by atoms with Gasteiger partial charge < -0.3 is 15.4 Å². The molecule has 4 aromatic rings. The number of carbonyl (C=O) groups excluding carboxylic acids is 1. The molecule has 0 spiro atoms. The van der Waals surface area contributed by atoms with Crippen molar-refractivity contribution in [1.82, 2.24) is 10.2 Å². The lowest BCUT2D eigenvalue weighted by atomic mass is 10.1. The minimum absolute atomic E-state index is 0.113. The third-order valence-electron chi connectivity index (χ3n) is 4.72. The number of halogens is 4. The van der Waals surface area contributed by atoms with Gasteiger partial charge in [0.05, 0.1) is 12.8 Å². The zero-order valence-electron chi connectivity index (χ0n) is 18.1. The number of amides is 1. The molecule has 7 nitrogen and oxygen atoms in total. The highest BCUT2D eigenvalue weighted by atomic mass is 35.5. The van der Waals surface area contributed by atoms with Crippen LogP contribution in [-0.4, -0.2) is 29.2 Å². The number of aromatic amines is 1. The van der Waals surface area contributed by atoms with Crippen LogP contribution >= 0.6 is 11.6 Å². The Labute approximate surface area is 202 Å². The van der Waals surface area contributed by atoms with E-state index in [2.05, 4.69) is 25.8 Å². The summed E-state index contributed by atoms with van der Waals surface area (Å²) in [7, 11) is 1.56. The molecule has 35 heavy (non-hydrogen) atoms. The number of methoxy groups -OCH3 is 1. The van der Waals surface area contributed by atoms with Crippen molar-refractivity contribution >= 4 is 35.0 Å². The van der Waals surface area contributed by atoms with Crippen LogP contribution in [0.5, 0.6) is 5.75 Å². The van der Waals surface area contributed by atoms with Crippen LogP contribution in [0.1, 0.15) is 10.4 Å². The number of hydrogen-bond donors (Lipinski definition) is 3. The van der Waals surface area contributed by atoms with Crippen LogP contribution in [0, 0.1) is 17.5 Å². The minimum atomic E-state index is -1.19.